The lowest BCUT2D eigenvalue weighted by Crippen LogP contribution is -2.17. The molecular weight excluding hydrogens is 302 g/mol. The topological polar surface area (TPSA) is 70.2 Å². The van der Waals surface area contributed by atoms with Crippen LogP contribution in [0.5, 0.6) is 0 Å². The molecule has 2 aromatic rings. The second kappa shape index (κ2) is 8.15. The molecule has 5 nitrogen and oxygen atoms in total. The van der Waals surface area contributed by atoms with Crippen LogP contribution in [0, 0.1) is 13.8 Å². The van der Waals surface area contributed by atoms with Crippen LogP contribution in [0.25, 0.3) is 0 Å². The first kappa shape index (κ1) is 17.5. The number of hydrogen-bond acceptors (Lipinski definition) is 3. The Kier molecular flexibility index (Phi) is 5.95. The molecule has 0 radical (unpaired) electrons. The van der Waals surface area contributed by atoms with Gasteiger partial charge in [0.15, 0.2) is 0 Å². The molecule has 0 atom stereocenters. The Balaban J connectivity index is 1.80. The summed E-state index contributed by atoms with van der Waals surface area (Å²) in [5.41, 5.74) is 4.69. The van der Waals surface area contributed by atoms with Gasteiger partial charge in [0.1, 0.15) is 0 Å². The van der Waals surface area contributed by atoms with Gasteiger partial charge in [-0.05, 0) is 55.3 Å². The van der Waals surface area contributed by atoms with Gasteiger partial charge < -0.3 is 16.0 Å². The van der Waals surface area contributed by atoms with Crippen LogP contribution in [0.15, 0.2) is 42.5 Å². The fourth-order valence-corrected chi connectivity index (χ4v) is 2.28. The highest BCUT2D eigenvalue weighted by Crippen LogP contribution is 2.17. The lowest BCUT2D eigenvalue weighted by Gasteiger charge is -2.10. The molecule has 2 aromatic carbocycles. The van der Waals surface area contributed by atoms with E-state index in [2.05, 4.69) is 16.0 Å². The van der Waals surface area contributed by atoms with E-state index < -0.39 is 0 Å². The average Bonchev–Trinajstić information content (AvgIpc) is 2.52. The summed E-state index contributed by atoms with van der Waals surface area (Å²) in [5.74, 6) is -0.120. The summed E-state index contributed by atoms with van der Waals surface area (Å²) in [6.45, 7) is 5.99. The maximum absolute atomic E-state index is 12.0. The fourth-order valence-electron chi connectivity index (χ4n) is 2.28. The van der Waals surface area contributed by atoms with E-state index in [1.165, 1.54) is 6.92 Å². The van der Waals surface area contributed by atoms with Crippen LogP contribution in [0.4, 0.5) is 17.1 Å². The number of benzene rings is 2. The van der Waals surface area contributed by atoms with Crippen LogP contribution >= 0.6 is 0 Å². The van der Waals surface area contributed by atoms with Crippen molar-refractivity contribution >= 4 is 28.9 Å². The number of hydrogen-bond donors (Lipinski definition) is 3. The Morgan fingerprint density at radius 1 is 0.917 bits per heavy atom. The second-order valence-electron chi connectivity index (χ2n) is 5.80. The summed E-state index contributed by atoms with van der Waals surface area (Å²) in [6.07, 6.45) is 0.376. The summed E-state index contributed by atoms with van der Waals surface area (Å²) in [4.78, 5) is 23.0. The molecular formula is C19H23N3O2. The highest BCUT2D eigenvalue weighted by Gasteiger charge is 2.05. The number of anilines is 3. The van der Waals surface area contributed by atoms with Crippen LogP contribution in [-0.2, 0) is 9.59 Å². The summed E-state index contributed by atoms with van der Waals surface area (Å²) in [5, 5.41) is 8.85. The SMILES string of the molecule is CC(=O)Nc1ccc(NCCC(=O)Nc2cc(C)ccc2C)cc1. The van der Waals surface area contributed by atoms with E-state index in [1.807, 2.05) is 56.3 Å². The van der Waals surface area contributed by atoms with Crippen molar-refractivity contribution < 1.29 is 9.59 Å². The number of amides is 2. The molecule has 0 bridgehead atoms. The zero-order chi connectivity index (χ0) is 17.5. The normalized spacial score (nSPS) is 10.1. The predicted molar refractivity (Wildman–Crippen MR) is 98.4 cm³/mol. The Labute approximate surface area is 142 Å². The standard InChI is InChI=1S/C19H23N3O2/c1-13-4-5-14(2)18(12-13)22-19(24)10-11-20-16-6-8-17(9-7-16)21-15(3)23/h4-9,12,20H,10-11H2,1-3H3,(H,21,23)(H,22,24). The van der Waals surface area contributed by atoms with Crippen molar-refractivity contribution in [3.63, 3.8) is 0 Å². The van der Waals surface area contributed by atoms with Crippen molar-refractivity contribution in [2.24, 2.45) is 0 Å². The molecule has 2 amide bonds. The minimum atomic E-state index is -0.0983. The van der Waals surface area contributed by atoms with Crippen LogP contribution < -0.4 is 16.0 Å². The molecule has 0 aliphatic heterocycles. The molecule has 0 fully saturated rings. The number of aryl methyl sites for hydroxylation is 2. The van der Waals surface area contributed by atoms with Gasteiger partial charge in [0, 0.05) is 37.0 Å². The van der Waals surface area contributed by atoms with Gasteiger partial charge in [-0.3, -0.25) is 9.59 Å². The smallest absolute Gasteiger partial charge is 0.226 e. The largest absolute Gasteiger partial charge is 0.385 e. The van der Waals surface area contributed by atoms with E-state index in [-0.39, 0.29) is 11.8 Å². The summed E-state index contributed by atoms with van der Waals surface area (Å²) in [6, 6.07) is 13.4. The fraction of sp³-hybridized carbons (Fsp3) is 0.263. The molecule has 0 unspecified atom stereocenters. The van der Waals surface area contributed by atoms with Gasteiger partial charge in [-0.15, -0.1) is 0 Å². The van der Waals surface area contributed by atoms with Gasteiger partial charge in [-0.1, -0.05) is 12.1 Å². The monoisotopic (exact) mass is 325 g/mol. The third kappa shape index (κ3) is 5.43. The Morgan fingerprint density at radius 3 is 2.25 bits per heavy atom. The van der Waals surface area contributed by atoms with E-state index in [0.717, 1.165) is 28.2 Å². The first-order valence-electron chi connectivity index (χ1n) is 7.92. The summed E-state index contributed by atoms with van der Waals surface area (Å²) >= 11 is 0. The number of carbonyl (C=O) groups excluding carboxylic acids is 2. The predicted octanol–water partition coefficient (Wildman–Crippen LogP) is 3.70. The molecule has 0 aromatic heterocycles. The number of rotatable bonds is 6. The molecule has 3 N–H and O–H groups in total. The van der Waals surface area contributed by atoms with Crippen molar-refractivity contribution in [3.05, 3.63) is 53.6 Å². The number of nitrogens with one attached hydrogen (secondary N) is 3. The molecule has 0 spiro atoms. The van der Waals surface area contributed by atoms with Gasteiger partial charge >= 0.3 is 0 Å². The maximum Gasteiger partial charge on any atom is 0.226 e. The minimum absolute atomic E-state index is 0.0222. The van der Waals surface area contributed by atoms with Crippen molar-refractivity contribution in [2.75, 3.05) is 22.5 Å². The van der Waals surface area contributed by atoms with Gasteiger partial charge in [-0.25, -0.2) is 0 Å². The maximum atomic E-state index is 12.0. The van der Waals surface area contributed by atoms with Crippen molar-refractivity contribution in [2.45, 2.75) is 27.2 Å². The quantitative estimate of drug-likeness (QED) is 0.758. The molecule has 0 aliphatic carbocycles. The summed E-state index contributed by atoms with van der Waals surface area (Å²) in [7, 11) is 0. The van der Waals surface area contributed by atoms with Crippen molar-refractivity contribution in [1.29, 1.82) is 0 Å². The van der Waals surface area contributed by atoms with E-state index in [1.54, 1.807) is 0 Å². The third-order valence-electron chi connectivity index (χ3n) is 3.55. The Bertz CT molecular complexity index is 724. The first-order valence-corrected chi connectivity index (χ1v) is 7.92. The zero-order valence-electron chi connectivity index (χ0n) is 14.3. The molecule has 0 aliphatic rings. The minimum Gasteiger partial charge on any atom is -0.385 e. The lowest BCUT2D eigenvalue weighted by molar-refractivity contribution is -0.116. The molecule has 2 rings (SSSR count). The molecule has 0 heterocycles. The molecule has 24 heavy (non-hydrogen) atoms. The van der Waals surface area contributed by atoms with Gasteiger partial charge in [0.05, 0.1) is 0 Å². The van der Waals surface area contributed by atoms with Crippen LogP contribution in [0.2, 0.25) is 0 Å². The van der Waals surface area contributed by atoms with Crippen molar-refractivity contribution in [3.8, 4) is 0 Å². The van der Waals surface area contributed by atoms with Gasteiger partial charge in [0.25, 0.3) is 0 Å². The Morgan fingerprint density at radius 2 is 1.58 bits per heavy atom. The van der Waals surface area contributed by atoms with E-state index >= 15 is 0 Å². The van der Waals surface area contributed by atoms with Crippen LogP contribution in [0.1, 0.15) is 24.5 Å². The second-order valence-corrected chi connectivity index (χ2v) is 5.80. The molecule has 0 saturated heterocycles. The molecule has 0 saturated carbocycles. The van der Waals surface area contributed by atoms with Crippen molar-refractivity contribution in [1.82, 2.24) is 0 Å². The van der Waals surface area contributed by atoms with E-state index in [9.17, 15) is 9.59 Å². The van der Waals surface area contributed by atoms with E-state index in [0.29, 0.717) is 13.0 Å². The average molecular weight is 325 g/mol. The lowest BCUT2D eigenvalue weighted by atomic mass is 10.1. The third-order valence-corrected chi connectivity index (χ3v) is 3.55. The summed E-state index contributed by atoms with van der Waals surface area (Å²) < 4.78 is 0. The van der Waals surface area contributed by atoms with Crippen LogP contribution in [0.3, 0.4) is 0 Å². The zero-order valence-corrected chi connectivity index (χ0v) is 14.3. The van der Waals surface area contributed by atoms with Gasteiger partial charge in [0.2, 0.25) is 11.8 Å². The highest BCUT2D eigenvalue weighted by atomic mass is 16.2. The van der Waals surface area contributed by atoms with Crippen LogP contribution in [-0.4, -0.2) is 18.4 Å². The number of carbonyl (C=O) groups is 2. The highest BCUT2D eigenvalue weighted by molar-refractivity contribution is 5.92. The molecule has 5 heteroatoms. The Hall–Kier alpha value is -2.82. The van der Waals surface area contributed by atoms with Gasteiger partial charge in [-0.2, -0.15) is 0 Å². The first-order chi connectivity index (χ1) is 11.4. The van der Waals surface area contributed by atoms with E-state index in [4.69, 9.17) is 0 Å². The molecule has 126 valence electrons.